The molecule has 0 aromatic carbocycles. The highest BCUT2D eigenvalue weighted by atomic mass is 16.7. The van der Waals surface area contributed by atoms with E-state index in [0.717, 1.165) is 0 Å². The van der Waals surface area contributed by atoms with Crippen LogP contribution in [0.5, 0.6) is 0 Å². The number of urea groups is 2. The zero-order chi connectivity index (χ0) is 17.0. The van der Waals surface area contributed by atoms with Gasteiger partial charge in [-0.3, -0.25) is 15.4 Å². The molecule has 2 atom stereocenters. The number of hydrazine groups is 3. The van der Waals surface area contributed by atoms with Crippen LogP contribution in [0.15, 0.2) is 0 Å². The highest BCUT2D eigenvalue weighted by molar-refractivity contribution is 5.83. The molecule has 0 aromatic rings. The number of fused-ring (bicyclic) bond motifs is 1. The van der Waals surface area contributed by atoms with E-state index >= 15 is 0 Å². The smallest absolute Gasteiger partial charge is 0.297 e. The van der Waals surface area contributed by atoms with Crippen LogP contribution >= 0.6 is 0 Å². The third-order valence-corrected chi connectivity index (χ3v) is 2.84. The second-order valence-corrected chi connectivity index (χ2v) is 3.76. The summed E-state index contributed by atoms with van der Waals surface area (Å²) in [6, 6.07) is -3.97. The van der Waals surface area contributed by atoms with Crippen molar-refractivity contribution in [3.05, 3.63) is 40.5 Å². The topological polar surface area (TPSA) is 228 Å². The minimum absolute atomic E-state index is 0.646. The zero-order valence-corrected chi connectivity index (χ0v) is 9.79. The van der Waals surface area contributed by atoms with Crippen LogP contribution in [0.2, 0.25) is 0 Å². The van der Waals surface area contributed by atoms with Crippen molar-refractivity contribution in [1.29, 1.82) is 0 Å². The number of carbonyl (C=O) groups excluding carboxylic acids is 2. The van der Waals surface area contributed by atoms with Gasteiger partial charge in [0.05, 0.1) is 14.9 Å². The van der Waals surface area contributed by atoms with Crippen molar-refractivity contribution in [3.63, 3.8) is 0 Å². The fraction of sp³-hybridized carbons (Fsp3) is 0.500. The van der Waals surface area contributed by atoms with Gasteiger partial charge in [0.1, 0.15) is 0 Å². The first-order chi connectivity index (χ1) is 10.1. The van der Waals surface area contributed by atoms with Crippen LogP contribution in [0.4, 0.5) is 9.59 Å². The van der Waals surface area contributed by atoms with Crippen LogP contribution in [0.1, 0.15) is 0 Å². The summed E-state index contributed by atoms with van der Waals surface area (Å²) in [5.74, 6) is -3.76. The molecule has 18 nitrogen and oxygen atoms in total. The van der Waals surface area contributed by atoms with Crippen molar-refractivity contribution in [1.82, 2.24) is 20.3 Å². The molecule has 2 aliphatic heterocycles. The van der Waals surface area contributed by atoms with Gasteiger partial charge in [0.2, 0.25) is 0 Å². The molecule has 4 amide bonds. The van der Waals surface area contributed by atoms with Crippen molar-refractivity contribution >= 4 is 12.1 Å². The average molecular weight is 322 g/mol. The Balaban J connectivity index is 2.80. The number of nitrogens with one attached hydrogen (secondary N) is 1. The summed E-state index contributed by atoms with van der Waals surface area (Å²) in [4.78, 5) is 65.1. The molecule has 2 fully saturated rings. The molecular formula is C4H2N8O10. The monoisotopic (exact) mass is 322 g/mol. The molecule has 22 heavy (non-hydrogen) atoms. The lowest BCUT2D eigenvalue weighted by Crippen LogP contribution is -2.67. The Morgan fingerprint density at radius 1 is 0.909 bits per heavy atom. The number of nitro groups is 4. The van der Waals surface area contributed by atoms with E-state index in [4.69, 9.17) is 0 Å². The summed E-state index contributed by atoms with van der Waals surface area (Å²) in [6.45, 7) is 0. The van der Waals surface area contributed by atoms with E-state index in [0.29, 0.717) is 0 Å². The molecule has 0 saturated carbocycles. The Morgan fingerprint density at radius 2 is 1.41 bits per heavy atom. The number of amides is 4. The number of rotatable bonds is 4. The molecule has 2 aliphatic rings. The first-order valence-electron chi connectivity index (χ1n) is 4.90. The summed E-state index contributed by atoms with van der Waals surface area (Å²) < 4.78 is 0. The highest BCUT2D eigenvalue weighted by Gasteiger charge is 2.90. The minimum atomic E-state index is -3.76. The quantitative estimate of drug-likeness (QED) is 0.425. The fourth-order valence-corrected chi connectivity index (χ4v) is 2.12. The van der Waals surface area contributed by atoms with Gasteiger partial charge >= 0.3 is 17.8 Å². The number of nitrogens with zero attached hydrogens (tertiary/aromatic N) is 7. The van der Waals surface area contributed by atoms with Gasteiger partial charge in [-0.2, -0.15) is 0 Å². The summed E-state index contributed by atoms with van der Waals surface area (Å²) in [7, 11) is 0. The lowest BCUT2D eigenvalue weighted by molar-refractivity contribution is -0.816. The summed E-state index contributed by atoms with van der Waals surface area (Å²) in [5, 5.41) is 37.7. The van der Waals surface area contributed by atoms with Crippen LogP contribution in [-0.2, 0) is 0 Å². The van der Waals surface area contributed by atoms with Gasteiger partial charge in [0, 0.05) is 5.01 Å². The summed E-state index contributed by atoms with van der Waals surface area (Å²) >= 11 is 0. The van der Waals surface area contributed by atoms with E-state index in [1.807, 2.05) is 0 Å². The van der Waals surface area contributed by atoms with Crippen molar-refractivity contribution < 1.29 is 29.6 Å². The zero-order valence-electron chi connectivity index (χ0n) is 9.79. The highest BCUT2D eigenvalue weighted by Crippen LogP contribution is 2.39. The molecule has 2 rings (SSSR count). The van der Waals surface area contributed by atoms with Crippen LogP contribution < -0.4 is 5.32 Å². The maximum Gasteiger partial charge on any atom is 0.536 e. The number of hydrogen-bond donors (Lipinski definition) is 1. The van der Waals surface area contributed by atoms with Gasteiger partial charge in [-0.25, -0.2) is 39.9 Å². The average Bonchev–Trinajstić information content (AvgIpc) is 2.75. The van der Waals surface area contributed by atoms with E-state index in [1.165, 1.54) is 5.32 Å². The predicted octanol–water partition coefficient (Wildman–Crippen LogP) is -2.42. The molecule has 0 radical (unpaired) electrons. The molecular weight excluding hydrogens is 320 g/mol. The van der Waals surface area contributed by atoms with Gasteiger partial charge in [0.15, 0.2) is 15.1 Å². The molecule has 0 spiro atoms. The second kappa shape index (κ2) is 4.07. The van der Waals surface area contributed by atoms with Crippen molar-refractivity contribution in [2.24, 2.45) is 0 Å². The van der Waals surface area contributed by atoms with E-state index in [9.17, 15) is 50.0 Å². The molecule has 0 aromatic heterocycles. The summed E-state index contributed by atoms with van der Waals surface area (Å²) in [6.07, 6.45) is -2.59. The lowest BCUT2D eigenvalue weighted by Gasteiger charge is -2.19. The van der Waals surface area contributed by atoms with Crippen LogP contribution in [-0.4, -0.2) is 59.1 Å². The first kappa shape index (κ1) is 14.5. The third-order valence-electron chi connectivity index (χ3n) is 2.84. The summed E-state index contributed by atoms with van der Waals surface area (Å²) in [5.41, 5.74) is 0. The normalized spacial score (nSPS) is 26.7. The van der Waals surface area contributed by atoms with E-state index < -0.39 is 59.1 Å². The van der Waals surface area contributed by atoms with Crippen LogP contribution in [0.25, 0.3) is 0 Å². The second-order valence-electron chi connectivity index (χ2n) is 3.76. The maximum atomic E-state index is 11.7. The molecule has 2 heterocycles. The molecule has 118 valence electrons. The Labute approximate surface area is 115 Å². The van der Waals surface area contributed by atoms with E-state index in [2.05, 4.69) is 0 Å². The Bertz CT molecular complexity index is 645. The largest absolute Gasteiger partial charge is 0.536 e. The number of hydrogen-bond acceptors (Lipinski definition) is 10. The molecule has 18 heteroatoms. The molecule has 0 bridgehead atoms. The van der Waals surface area contributed by atoms with Gasteiger partial charge in [-0.15, -0.1) is 0 Å². The molecule has 1 N–H and O–H groups in total. The Morgan fingerprint density at radius 3 is 1.77 bits per heavy atom. The Hall–Kier alpha value is -3.86. The maximum absolute atomic E-state index is 11.7. The van der Waals surface area contributed by atoms with Gasteiger partial charge in [-0.05, 0) is 0 Å². The van der Waals surface area contributed by atoms with Crippen molar-refractivity contribution in [3.8, 4) is 0 Å². The number of carbonyl (C=O) groups is 2. The van der Waals surface area contributed by atoms with Crippen molar-refractivity contribution in [2.75, 3.05) is 0 Å². The predicted molar refractivity (Wildman–Crippen MR) is 53.9 cm³/mol. The SMILES string of the molecule is O=C1NC2N([N+](=O)[O-])C(=O)N([N+](=O)[O-])C2([N+](=O)[O-])N1[N+](=O)[O-]. The van der Waals surface area contributed by atoms with Crippen LogP contribution in [0, 0.1) is 40.5 Å². The van der Waals surface area contributed by atoms with Crippen LogP contribution in [0.3, 0.4) is 0 Å². The Kier molecular flexibility index (Phi) is 2.69. The van der Waals surface area contributed by atoms with Gasteiger partial charge < -0.3 is 0 Å². The van der Waals surface area contributed by atoms with Gasteiger partial charge in [-0.1, -0.05) is 0 Å². The van der Waals surface area contributed by atoms with E-state index in [1.54, 1.807) is 0 Å². The lowest BCUT2D eigenvalue weighted by atomic mass is 10.3. The van der Waals surface area contributed by atoms with Gasteiger partial charge in [0.25, 0.3) is 6.17 Å². The molecule has 0 aliphatic carbocycles. The third kappa shape index (κ3) is 1.36. The molecule has 2 unspecified atom stereocenters. The molecule has 2 saturated heterocycles. The standard InChI is InChI=1S/C4H2N8O10/c13-2-5-1-4(9(15)16,7(2)11(19)20)8(12(21)22)3(14)6(1)10(17)18/h1H,(H,5,13). The minimum Gasteiger partial charge on any atom is -0.297 e. The van der Waals surface area contributed by atoms with E-state index in [-0.39, 0.29) is 0 Å². The fourth-order valence-electron chi connectivity index (χ4n) is 2.12. The first-order valence-corrected chi connectivity index (χ1v) is 4.90. The van der Waals surface area contributed by atoms with Crippen molar-refractivity contribution in [2.45, 2.75) is 12.0 Å².